The van der Waals surface area contributed by atoms with Crippen LogP contribution in [0.4, 0.5) is 0 Å². The van der Waals surface area contributed by atoms with Gasteiger partial charge in [-0.2, -0.15) is 5.10 Å². The van der Waals surface area contributed by atoms with Crippen LogP contribution in [0.2, 0.25) is 0 Å². The molecular formula is C15H12Br2N2O4. The number of carbonyl (C=O) groups is 1. The fraction of sp³-hybridized carbons (Fsp3) is 0.0667. The molecule has 1 amide bonds. The number of hydrogen-bond acceptors (Lipinski definition) is 5. The number of nitrogens with one attached hydrogen (secondary N) is 1. The van der Waals surface area contributed by atoms with Crippen LogP contribution in [-0.4, -0.2) is 28.9 Å². The van der Waals surface area contributed by atoms with Gasteiger partial charge in [-0.15, -0.1) is 0 Å². The number of carbonyl (C=O) groups excluding carboxylic acids is 1. The van der Waals surface area contributed by atoms with Gasteiger partial charge >= 0.3 is 0 Å². The van der Waals surface area contributed by atoms with Crippen LogP contribution in [-0.2, 0) is 4.79 Å². The Morgan fingerprint density at radius 3 is 2.57 bits per heavy atom. The zero-order valence-corrected chi connectivity index (χ0v) is 14.8. The number of rotatable bonds is 5. The van der Waals surface area contributed by atoms with Gasteiger partial charge in [0.1, 0.15) is 17.2 Å². The average molecular weight is 444 g/mol. The van der Waals surface area contributed by atoms with Crippen molar-refractivity contribution in [2.45, 2.75) is 0 Å². The third-order valence-electron chi connectivity index (χ3n) is 2.67. The monoisotopic (exact) mass is 442 g/mol. The molecule has 0 aliphatic rings. The molecule has 23 heavy (non-hydrogen) atoms. The number of halogens is 2. The smallest absolute Gasteiger partial charge is 0.277 e. The molecule has 0 aromatic heterocycles. The van der Waals surface area contributed by atoms with Gasteiger partial charge < -0.3 is 14.9 Å². The maximum Gasteiger partial charge on any atom is 0.277 e. The lowest BCUT2D eigenvalue weighted by Gasteiger charge is -2.05. The molecule has 6 nitrogen and oxygen atoms in total. The highest BCUT2D eigenvalue weighted by molar-refractivity contribution is 9.10. The first kappa shape index (κ1) is 17.3. The molecule has 2 aromatic rings. The van der Waals surface area contributed by atoms with Gasteiger partial charge in [-0.1, -0.05) is 15.9 Å². The third-order valence-corrected chi connectivity index (χ3v) is 3.84. The van der Waals surface area contributed by atoms with Crippen molar-refractivity contribution in [2.24, 2.45) is 5.10 Å². The first-order valence-corrected chi connectivity index (χ1v) is 7.96. The molecule has 0 aliphatic carbocycles. The predicted octanol–water partition coefficient (Wildman–Crippen LogP) is 3.15. The van der Waals surface area contributed by atoms with E-state index in [2.05, 4.69) is 42.4 Å². The van der Waals surface area contributed by atoms with E-state index in [0.29, 0.717) is 15.8 Å². The summed E-state index contributed by atoms with van der Waals surface area (Å²) in [5.41, 5.74) is 2.62. The molecule has 3 N–H and O–H groups in total. The summed E-state index contributed by atoms with van der Waals surface area (Å²) in [4.78, 5) is 11.6. The molecule has 0 saturated heterocycles. The third kappa shape index (κ3) is 5.26. The SMILES string of the molecule is O=C(COc1ccc(Br)cc1)N/N=C/c1cc(Br)c(O)cc1O. The van der Waals surface area contributed by atoms with Crippen LogP contribution in [0.5, 0.6) is 17.2 Å². The van der Waals surface area contributed by atoms with Crippen molar-refractivity contribution >= 4 is 44.0 Å². The van der Waals surface area contributed by atoms with Crippen molar-refractivity contribution in [3.63, 3.8) is 0 Å². The van der Waals surface area contributed by atoms with Crippen LogP contribution in [0.1, 0.15) is 5.56 Å². The van der Waals surface area contributed by atoms with Crippen LogP contribution in [0.25, 0.3) is 0 Å². The van der Waals surface area contributed by atoms with Gasteiger partial charge in [-0.05, 0) is 46.3 Å². The van der Waals surface area contributed by atoms with E-state index in [4.69, 9.17) is 4.74 Å². The second kappa shape index (κ2) is 7.98. The largest absolute Gasteiger partial charge is 0.507 e. The van der Waals surface area contributed by atoms with Gasteiger partial charge in [-0.25, -0.2) is 5.43 Å². The van der Waals surface area contributed by atoms with Crippen LogP contribution < -0.4 is 10.2 Å². The molecule has 0 radical (unpaired) electrons. The normalized spacial score (nSPS) is 10.7. The molecule has 120 valence electrons. The molecule has 2 aromatic carbocycles. The number of ether oxygens (including phenoxy) is 1. The molecule has 8 heteroatoms. The summed E-state index contributed by atoms with van der Waals surface area (Å²) in [6.07, 6.45) is 1.26. The molecule has 0 saturated carbocycles. The average Bonchev–Trinajstić information content (AvgIpc) is 2.52. The topological polar surface area (TPSA) is 91.2 Å². The summed E-state index contributed by atoms with van der Waals surface area (Å²) in [6, 6.07) is 9.70. The summed E-state index contributed by atoms with van der Waals surface area (Å²) in [7, 11) is 0. The van der Waals surface area contributed by atoms with E-state index in [9.17, 15) is 15.0 Å². The molecular weight excluding hydrogens is 432 g/mol. The number of amides is 1. The number of aromatic hydroxyl groups is 2. The van der Waals surface area contributed by atoms with Gasteiger partial charge in [-0.3, -0.25) is 4.79 Å². The molecule has 0 atom stereocenters. The van der Waals surface area contributed by atoms with E-state index in [1.54, 1.807) is 24.3 Å². The van der Waals surface area contributed by atoms with Gasteiger partial charge in [0.15, 0.2) is 6.61 Å². The summed E-state index contributed by atoms with van der Waals surface area (Å²) < 4.78 is 6.61. The van der Waals surface area contributed by atoms with Crippen molar-refractivity contribution in [1.82, 2.24) is 5.43 Å². The van der Waals surface area contributed by atoms with Gasteiger partial charge in [0.2, 0.25) is 0 Å². The van der Waals surface area contributed by atoms with Gasteiger partial charge in [0.25, 0.3) is 5.91 Å². The van der Waals surface area contributed by atoms with E-state index in [1.165, 1.54) is 18.3 Å². The lowest BCUT2D eigenvalue weighted by molar-refractivity contribution is -0.123. The molecule has 0 bridgehead atoms. The first-order chi connectivity index (χ1) is 11.0. The number of phenolic OH excluding ortho intramolecular Hbond substituents is 2. The minimum Gasteiger partial charge on any atom is -0.507 e. The van der Waals surface area contributed by atoms with Crippen molar-refractivity contribution in [1.29, 1.82) is 0 Å². The van der Waals surface area contributed by atoms with E-state index >= 15 is 0 Å². The molecule has 0 heterocycles. The first-order valence-electron chi connectivity index (χ1n) is 6.37. The second-order valence-electron chi connectivity index (χ2n) is 4.40. The Morgan fingerprint density at radius 2 is 1.87 bits per heavy atom. The Kier molecular flexibility index (Phi) is 6.00. The Bertz CT molecular complexity index is 733. The summed E-state index contributed by atoms with van der Waals surface area (Å²) in [5, 5.41) is 22.8. The minimum atomic E-state index is -0.443. The summed E-state index contributed by atoms with van der Waals surface area (Å²) >= 11 is 6.43. The van der Waals surface area contributed by atoms with Crippen molar-refractivity contribution < 1.29 is 19.7 Å². The highest BCUT2D eigenvalue weighted by Crippen LogP contribution is 2.30. The minimum absolute atomic E-state index is 0.0911. The second-order valence-corrected chi connectivity index (χ2v) is 6.17. The Balaban J connectivity index is 1.86. The zero-order chi connectivity index (χ0) is 16.8. The fourth-order valence-corrected chi connectivity index (χ4v) is 2.18. The quantitative estimate of drug-likeness (QED) is 0.489. The molecule has 0 spiro atoms. The molecule has 0 unspecified atom stereocenters. The van der Waals surface area contributed by atoms with Crippen LogP contribution in [0.3, 0.4) is 0 Å². The van der Waals surface area contributed by atoms with E-state index in [0.717, 1.165) is 4.47 Å². The highest BCUT2D eigenvalue weighted by Gasteiger charge is 2.05. The lowest BCUT2D eigenvalue weighted by atomic mass is 10.2. The fourth-order valence-electron chi connectivity index (χ4n) is 1.56. The van der Waals surface area contributed by atoms with Crippen molar-refractivity contribution in [3.8, 4) is 17.2 Å². The van der Waals surface area contributed by atoms with E-state index in [1.807, 2.05) is 0 Å². The standard InChI is InChI=1S/C15H12Br2N2O4/c16-10-1-3-11(4-2-10)23-8-15(22)19-18-7-9-5-12(17)14(21)6-13(9)20/h1-7,20-21H,8H2,(H,19,22)/b18-7+. The van der Waals surface area contributed by atoms with Crippen LogP contribution in [0.15, 0.2) is 50.4 Å². The Morgan fingerprint density at radius 1 is 1.17 bits per heavy atom. The van der Waals surface area contributed by atoms with Gasteiger partial charge in [0, 0.05) is 16.1 Å². The number of hydrogen-bond donors (Lipinski definition) is 3. The molecule has 0 aliphatic heterocycles. The van der Waals surface area contributed by atoms with Crippen molar-refractivity contribution in [2.75, 3.05) is 6.61 Å². The van der Waals surface area contributed by atoms with E-state index in [-0.39, 0.29) is 18.1 Å². The Labute approximate surface area is 149 Å². The lowest BCUT2D eigenvalue weighted by Crippen LogP contribution is -2.24. The van der Waals surface area contributed by atoms with Gasteiger partial charge in [0.05, 0.1) is 10.7 Å². The maximum absolute atomic E-state index is 11.6. The summed E-state index contributed by atoms with van der Waals surface area (Å²) in [6.45, 7) is -0.190. The van der Waals surface area contributed by atoms with E-state index < -0.39 is 5.91 Å². The number of benzene rings is 2. The maximum atomic E-state index is 11.6. The number of nitrogens with zero attached hydrogens (tertiary/aromatic N) is 1. The predicted molar refractivity (Wildman–Crippen MR) is 92.8 cm³/mol. The number of hydrazone groups is 1. The molecule has 0 fully saturated rings. The van der Waals surface area contributed by atoms with Crippen LogP contribution >= 0.6 is 31.9 Å². The number of phenols is 2. The van der Waals surface area contributed by atoms with Crippen LogP contribution in [0, 0.1) is 0 Å². The Hall–Kier alpha value is -2.06. The van der Waals surface area contributed by atoms with Crippen molar-refractivity contribution in [3.05, 3.63) is 50.9 Å². The molecule has 2 rings (SSSR count). The highest BCUT2D eigenvalue weighted by atomic mass is 79.9. The zero-order valence-electron chi connectivity index (χ0n) is 11.7. The summed E-state index contributed by atoms with van der Waals surface area (Å²) in [5.74, 6) is -0.129.